The molecule has 2 aliphatic heterocycles. The van der Waals surface area contributed by atoms with Crippen molar-refractivity contribution in [2.75, 3.05) is 13.1 Å². The molecule has 0 aromatic heterocycles. The third kappa shape index (κ3) is 4.52. The lowest BCUT2D eigenvalue weighted by Crippen LogP contribution is -2.57. The van der Waals surface area contributed by atoms with E-state index < -0.39 is 24.1 Å². The molecular formula is C34H42N4O5. The fourth-order valence-corrected chi connectivity index (χ4v) is 9.54. The molecule has 10 atom stereocenters. The summed E-state index contributed by atoms with van der Waals surface area (Å²) in [5, 5.41) is 19.9. The fourth-order valence-electron chi connectivity index (χ4n) is 9.54. The Morgan fingerprint density at radius 2 is 1.93 bits per heavy atom. The number of allylic oxidation sites excluding steroid dienone is 2. The molecule has 1 aromatic carbocycles. The first-order valence-electron chi connectivity index (χ1n) is 16.5. The van der Waals surface area contributed by atoms with E-state index in [0.29, 0.717) is 25.4 Å². The van der Waals surface area contributed by atoms with Gasteiger partial charge in [-0.25, -0.2) is 0 Å². The van der Waals surface area contributed by atoms with E-state index in [2.05, 4.69) is 52.4 Å². The van der Waals surface area contributed by atoms with Gasteiger partial charge in [0.15, 0.2) is 6.10 Å². The zero-order valence-corrected chi connectivity index (χ0v) is 24.5. The zero-order valence-electron chi connectivity index (χ0n) is 24.5. The van der Waals surface area contributed by atoms with Gasteiger partial charge in [-0.15, -0.1) is 0 Å². The van der Waals surface area contributed by atoms with Crippen molar-refractivity contribution in [2.24, 2.45) is 35.5 Å². The van der Waals surface area contributed by atoms with Crippen LogP contribution in [-0.2, 0) is 31.0 Å². The largest absolute Gasteiger partial charge is 0.381 e. The van der Waals surface area contributed by atoms with Crippen LogP contribution in [0.25, 0.3) is 0 Å². The molecule has 2 bridgehead atoms. The van der Waals surface area contributed by atoms with Crippen molar-refractivity contribution < 1.29 is 24.3 Å². The highest BCUT2D eigenvalue weighted by atomic mass is 16.3. The average Bonchev–Trinajstić information content (AvgIpc) is 3.68. The predicted octanol–water partition coefficient (Wildman–Crippen LogP) is 1.58. The lowest BCUT2D eigenvalue weighted by atomic mass is 9.78. The number of aliphatic hydroxyl groups is 1. The van der Waals surface area contributed by atoms with Crippen molar-refractivity contribution >= 4 is 23.6 Å². The van der Waals surface area contributed by atoms with Crippen LogP contribution >= 0.6 is 0 Å². The second-order valence-electron chi connectivity index (χ2n) is 14.4. The minimum absolute atomic E-state index is 0.0279. The fraction of sp³-hybridized carbons (Fsp3) is 0.647. The van der Waals surface area contributed by atoms with Gasteiger partial charge in [-0.05, 0) is 92.6 Å². The van der Waals surface area contributed by atoms with E-state index in [1.165, 1.54) is 11.1 Å². The zero-order chi connectivity index (χ0) is 29.5. The van der Waals surface area contributed by atoms with Gasteiger partial charge in [-0.2, -0.15) is 0 Å². The molecule has 228 valence electrons. The van der Waals surface area contributed by atoms with Gasteiger partial charge in [0, 0.05) is 36.4 Å². The summed E-state index contributed by atoms with van der Waals surface area (Å²) in [6.07, 6.45) is 10.5. The highest BCUT2D eigenvalue weighted by Crippen LogP contribution is 2.62. The Morgan fingerprint density at radius 3 is 2.72 bits per heavy atom. The Labute approximate surface area is 252 Å². The van der Waals surface area contributed by atoms with Crippen LogP contribution in [0.2, 0.25) is 0 Å². The van der Waals surface area contributed by atoms with Crippen LogP contribution in [0.15, 0.2) is 36.4 Å². The number of amides is 4. The lowest BCUT2D eigenvalue weighted by molar-refractivity contribution is -0.142. The van der Waals surface area contributed by atoms with Crippen LogP contribution < -0.4 is 16.0 Å². The van der Waals surface area contributed by atoms with Gasteiger partial charge < -0.3 is 26.0 Å². The molecule has 5 fully saturated rings. The van der Waals surface area contributed by atoms with Crippen LogP contribution in [0.3, 0.4) is 0 Å². The predicted molar refractivity (Wildman–Crippen MR) is 157 cm³/mol. The number of carbonyl (C=O) groups excluding carboxylic acids is 4. The third-order valence-electron chi connectivity index (χ3n) is 11.9. The summed E-state index contributed by atoms with van der Waals surface area (Å²) in [6.45, 7) is 1.12. The van der Waals surface area contributed by atoms with Gasteiger partial charge in [-0.3, -0.25) is 19.2 Å². The van der Waals surface area contributed by atoms with E-state index >= 15 is 0 Å². The third-order valence-corrected chi connectivity index (χ3v) is 11.9. The molecule has 4 N–H and O–H groups in total. The summed E-state index contributed by atoms with van der Waals surface area (Å²) < 4.78 is 0. The normalized spacial score (nSPS) is 37.9. The molecule has 1 spiro atoms. The molecule has 0 radical (unpaired) electrons. The van der Waals surface area contributed by atoms with E-state index in [4.69, 9.17) is 0 Å². The molecule has 1 aromatic rings. The molecule has 5 aliphatic carbocycles. The molecule has 9 heteroatoms. The van der Waals surface area contributed by atoms with Crippen LogP contribution in [-0.4, -0.2) is 71.0 Å². The standard InChI is InChI=1S/C34H42N4O5/c39-29(32(42)36-22-9-10-22)26(15-21-11-13-35-30(21)40)37-31(41)28-27-20-8-7-19(14-20)23(27)17-38(28)33(43)25-16-34(25)12-3-5-18-4-1-2-6-24(18)34/h1-2,4,6-8,19-23,25-29,39H,3,5,9-17H2,(H,35,40)(H,36,42)(H,37,41)/t19?,20?,21-,23?,25-,26-,27?,28?,29?,34-/m0/s1. The van der Waals surface area contributed by atoms with Crippen molar-refractivity contribution in [3.05, 3.63) is 47.5 Å². The van der Waals surface area contributed by atoms with Crippen molar-refractivity contribution in [2.45, 2.75) is 87.4 Å². The summed E-state index contributed by atoms with van der Waals surface area (Å²) >= 11 is 0. The molecule has 2 heterocycles. The molecule has 9 nitrogen and oxygen atoms in total. The number of likely N-dealkylation sites (tertiary alicyclic amines) is 1. The van der Waals surface area contributed by atoms with E-state index in [0.717, 1.165) is 44.9 Å². The topological polar surface area (TPSA) is 128 Å². The molecule has 7 aliphatic rings. The number of hydrogen-bond acceptors (Lipinski definition) is 5. The average molecular weight is 587 g/mol. The van der Waals surface area contributed by atoms with Gasteiger partial charge in [0.25, 0.3) is 5.91 Å². The number of benzene rings is 1. The van der Waals surface area contributed by atoms with Gasteiger partial charge in [0.1, 0.15) is 6.04 Å². The smallest absolute Gasteiger partial charge is 0.251 e. The first-order chi connectivity index (χ1) is 20.8. The van der Waals surface area contributed by atoms with Gasteiger partial charge in [-0.1, -0.05) is 36.4 Å². The minimum Gasteiger partial charge on any atom is -0.381 e. The monoisotopic (exact) mass is 586 g/mol. The summed E-state index contributed by atoms with van der Waals surface area (Å²) in [5.41, 5.74) is 2.52. The number of rotatable bonds is 8. The first-order valence-corrected chi connectivity index (χ1v) is 16.5. The Kier molecular flexibility index (Phi) is 6.48. The van der Waals surface area contributed by atoms with Crippen LogP contribution in [0.1, 0.15) is 62.5 Å². The minimum atomic E-state index is -1.47. The van der Waals surface area contributed by atoms with Crippen molar-refractivity contribution in [3.8, 4) is 0 Å². The second-order valence-corrected chi connectivity index (χ2v) is 14.4. The molecule has 8 rings (SSSR count). The van der Waals surface area contributed by atoms with Crippen LogP contribution in [0, 0.1) is 35.5 Å². The molecule has 4 amide bonds. The molecule has 43 heavy (non-hydrogen) atoms. The van der Waals surface area contributed by atoms with E-state index in [1.807, 2.05) is 4.90 Å². The number of hydrogen-bond donors (Lipinski definition) is 4. The summed E-state index contributed by atoms with van der Waals surface area (Å²) in [4.78, 5) is 56.0. The van der Waals surface area contributed by atoms with Crippen LogP contribution in [0.5, 0.6) is 0 Å². The number of fused-ring (bicyclic) bond motifs is 7. The van der Waals surface area contributed by atoms with E-state index in [1.54, 1.807) is 0 Å². The van der Waals surface area contributed by atoms with E-state index in [-0.39, 0.29) is 65.2 Å². The Morgan fingerprint density at radius 1 is 1.12 bits per heavy atom. The Balaban J connectivity index is 1.06. The number of nitrogens with one attached hydrogen (secondary N) is 3. The second kappa shape index (κ2) is 10.2. The van der Waals surface area contributed by atoms with E-state index in [9.17, 15) is 24.3 Å². The summed E-state index contributed by atoms with van der Waals surface area (Å²) in [6, 6.07) is 7.02. The van der Waals surface area contributed by atoms with Crippen molar-refractivity contribution in [3.63, 3.8) is 0 Å². The maximum absolute atomic E-state index is 14.4. The Bertz CT molecular complexity index is 1390. The summed E-state index contributed by atoms with van der Waals surface area (Å²) in [5.74, 6) is -0.475. The van der Waals surface area contributed by atoms with Crippen LogP contribution in [0.4, 0.5) is 0 Å². The number of nitrogens with zero attached hydrogens (tertiary/aromatic N) is 1. The Hall–Kier alpha value is -3.20. The molecular weight excluding hydrogens is 544 g/mol. The van der Waals surface area contributed by atoms with Gasteiger partial charge >= 0.3 is 0 Å². The highest BCUT2D eigenvalue weighted by Gasteiger charge is 2.65. The lowest BCUT2D eigenvalue weighted by Gasteiger charge is -2.33. The molecule has 3 saturated carbocycles. The maximum atomic E-state index is 14.4. The van der Waals surface area contributed by atoms with Crippen molar-refractivity contribution in [1.82, 2.24) is 20.9 Å². The number of aryl methyl sites for hydroxylation is 1. The van der Waals surface area contributed by atoms with Crippen molar-refractivity contribution in [1.29, 1.82) is 0 Å². The number of aliphatic hydroxyl groups excluding tert-OH is 1. The number of carbonyl (C=O) groups is 4. The van der Waals surface area contributed by atoms with Gasteiger partial charge in [0.05, 0.1) is 6.04 Å². The maximum Gasteiger partial charge on any atom is 0.251 e. The first kappa shape index (κ1) is 27.4. The summed E-state index contributed by atoms with van der Waals surface area (Å²) in [7, 11) is 0. The quantitative estimate of drug-likeness (QED) is 0.344. The molecule has 2 saturated heterocycles. The molecule has 6 unspecified atom stereocenters. The van der Waals surface area contributed by atoms with Gasteiger partial charge in [0.2, 0.25) is 17.7 Å². The highest BCUT2D eigenvalue weighted by molar-refractivity contribution is 5.93. The SMILES string of the molecule is O=C(NC1CC1)C(O)[C@H](C[C@@H]1CCNC1=O)NC(=O)C1C2C3C=CC(C3)C2CN1C(=O)[C@@H]1C[C@]12CCCc1ccccc12.